The highest BCUT2D eigenvalue weighted by Crippen LogP contribution is 2.41. The third-order valence-corrected chi connectivity index (χ3v) is 10.4. The van der Waals surface area contributed by atoms with Crippen LogP contribution in [0.5, 0.6) is 0 Å². The number of allylic oxidation sites excluding steroid dienone is 2. The summed E-state index contributed by atoms with van der Waals surface area (Å²) < 4.78 is 0. The van der Waals surface area contributed by atoms with Gasteiger partial charge in [0.25, 0.3) is 0 Å². The number of anilines is 1. The zero-order valence-electron chi connectivity index (χ0n) is 30.7. The van der Waals surface area contributed by atoms with Crippen molar-refractivity contribution in [3.8, 4) is 44.8 Å². The van der Waals surface area contributed by atoms with Crippen molar-refractivity contribution in [1.82, 2.24) is 19.9 Å². The van der Waals surface area contributed by atoms with E-state index >= 15 is 0 Å². The lowest BCUT2D eigenvalue weighted by Gasteiger charge is -2.31. The van der Waals surface area contributed by atoms with Gasteiger partial charge in [-0.15, -0.1) is 0 Å². The summed E-state index contributed by atoms with van der Waals surface area (Å²) in [6, 6.07) is 51.5. The number of rotatable bonds is 8. The molecule has 0 fully saturated rings. The van der Waals surface area contributed by atoms with E-state index in [0.29, 0.717) is 11.4 Å². The first-order chi connectivity index (χ1) is 27.6. The standard InChI is InChI=1S/C49H37N7/c1-32-42(46-29-39(22-26-53-46)34-12-16-36(17-13-34)44-10-4-6-24-51-44)31-43(50)49(56-55-41-21-20-33-8-2-3-9-38(33)28-41)48(32)47-30-40(23-27-54-47)35-14-18-37(19-15-35)45-11-5-7-25-52-45/h2-32,48,50,55H,1H3/b50-43?,56-49+. The predicted molar refractivity (Wildman–Crippen MR) is 228 cm³/mol. The first kappa shape index (κ1) is 34.4. The summed E-state index contributed by atoms with van der Waals surface area (Å²) in [5, 5.41) is 16.6. The summed E-state index contributed by atoms with van der Waals surface area (Å²) in [7, 11) is 0. The Hall–Kier alpha value is -7.38. The van der Waals surface area contributed by atoms with Crippen LogP contribution in [0.15, 0.2) is 188 Å². The molecule has 0 radical (unpaired) electrons. The molecule has 0 aliphatic heterocycles. The number of aromatic nitrogens is 4. The van der Waals surface area contributed by atoms with Gasteiger partial charge >= 0.3 is 0 Å². The van der Waals surface area contributed by atoms with E-state index in [1.54, 1.807) is 0 Å². The van der Waals surface area contributed by atoms with E-state index in [9.17, 15) is 5.41 Å². The summed E-state index contributed by atoms with van der Waals surface area (Å²) >= 11 is 0. The average Bonchev–Trinajstić information content (AvgIpc) is 3.27. The highest BCUT2D eigenvalue weighted by molar-refractivity contribution is 6.49. The van der Waals surface area contributed by atoms with E-state index in [4.69, 9.17) is 15.1 Å². The molecule has 7 heteroatoms. The van der Waals surface area contributed by atoms with Gasteiger partial charge < -0.3 is 0 Å². The number of benzene rings is 4. The molecule has 2 atom stereocenters. The summed E-state index contributed by atoms with van der Waals surface area (Å²) in [6.45, 7) is 2.18. The third kappa shape index (κ3) is 7.01. The van der Waals surface area contributed by atoms with Gasteiger partial charge in [-0.05, 0) is 111 Å². The minimum Gasteiger partial charge on any atom is -0.299 e. The van der Waals surface area contributed by atoms with Gasteiger partial charge in [0.05, 0.1) is 45.8 Å². The van der Waals surface area contributed by atoms with Crippen LogP contribution in [0.3, 0.4) is 0 Å². The summed E-state index contributed by atoms with van der Waals surface area (Å²) in [5.74, 6) is -0.434. The van der Waals surface area contributed by atoms with E-state index in [1.165, 1.54) is 0 Å². The minimum absolute atomic E-state index is 0.107. The van der Waals surface area contributed by atoms with Crippen molar-refractivity contribution in [2.24, 2.45) is 11.0 Å². The molecule has 0 bridgehead atoms. The first-order valence-electron chi connectivity index (χ1n) is 18.7. The molecule has 7 nitrogen and oxygen atoms in total. The monoisotopic (exact) mass is 723 g/mol. The smallest absolute Gasteiger partial charge is 0.0952 e. The Labute approximate surface area is 325 Å². The maximum Gasteiger partial charge on any atom is 0.0952 e. The number of nitrogens with zero attached hydrogens (tertiary/aromatic N) is 5. The number of hydrogen-bond acceptors (Lipinski definition) is 7. The van der Waals surface area contributed by atoms with Gasteiger partial charge in [0.1, 0.15) is 0 Å². The van der Waals surface area contributed by atoms with Crippen molar-refractivity contribution in [3.05, 3.63) is 194 Å². The van der Waals surface area contributed by atoms with Gasteiger partial charge in [-0.1, -0.05) is 97.9 Å². The van der Waals surface area contributed by atoms with Gasteiger partial charge in [-0.25, -0.2) is 0 Å². The topological polar surface area (TPSA) is 99.8 Å². The average molecular weight is 724 g/mol. The second-order valence-electron chi connectivity index (χ2n) is 13.9. The Kier molecular flexibility index (Phi) is 9.31. The Morgan fingerprint density at radius 1 is 0.500 bits per heavy atom. The van der Waals surface area contributed by atoms with Crippen LogP contribution in [0.2, 0.25) is 0 Å². The van der Waals surface area contributed by atoms with E-state index in [-0.39, 0.29) is 11.8 Å². The molecule has 268 valence electrons. The van der Waals surface area contributed by atoms with Crippen molar-refractivity contribution in [1.29, 1.82) is 5.41 Å². The van der Waals surface area contributed by atoms with Crippen LogP contribution in [-0.4, -0.2) is 31.4 Å². The molecular formula is C49H37N7. The fraction of sp³-hybridized carbons (Fsp3) is 0.0612. The van der Waals surface area contributed by atoms with Crippen LogP contribution in [0.4, 0.5) is 5.69 Å². The summed E-state index contributed by atoms with van der Waals surface area (Å²) in [6.07, 6.45) is 9.24. The Balaban J connectivity index is 1.08. The molecule has 0 spiro atoms. The molecule has 1 aliphatic carbocycles. The van der Waals surface area contributed by atoms with Crippen LogP contribution >= 0.6 is 0 Å². The van der Waals surface area contributed by atoms with Crippen molar-refractivity contribution < 1.29 is 0 Å². The molecule has 4 aromatic carbocycles. The predicted octanol–water partition coefficient (Wildman–Crippen LogP) is 11.4. The highest BCUT2D eigenvalue weighted by atomic mass is 15.3. The zero-order chi connectivity index (χ0) is 37.8. The molecule has 0 saturated carbocycles. The molecular weight excluding hydrogens is 687 g/mol. The van der Waals surface area contributed by atoms with Gasteiger partial charge in [0.2, 0.25) is 0 Å². The van der Waals surface area contributed by atoms with Gasteiger partial charge in [0.15, 0.2) is 0 Å². The third-order valence-electron chi connectivity index (χ3n) is 10.4. The maximum atomic E-state index is 9.42. The molecule has 1 aliphatic rings. The minimum atomic E-state index is -0.327. The SMILES string of the molecule is CC1C(c2cc(-c3ccc(-c4ccccn4)cc3)ccn2)=CC(=N)/C(=N\Nc2ccc3ccccc3c2)C1c1cc(-c2ccc(-c3ccccn3)cc2)ccn1. The van der Waals surface area contributed by atoms with Crippen LogP contribution in [0.25, 0.3) is 61.1 Å². The molecule has 0 saturated heterocycles. The van der Waals surface area contributed by atoms with Crippen LogP contribution in [-0.2, 0) is 0 Å². The largest absolute Gasteiger partial charge is 0.299 e. The van der Waals surface area contributed by atoms with E-state index in [2.05, 4.69) is 107 Å². The van der Waals surface area contributed by atoms with Crippen LogP contribution in [0, 0.1) is 11.3 Å². The van der Waals surface area contributed by atoms with E-state index < -0.39 is 0 Å². The van der Waals surface area contributed by atoms with Gasteiger partial charge in [-0.3, -0.25) is 30.8 Å². The normalized spacial score (nSPS) is 16.1. The van der Waals surface area contributed by atoms with Gasteiger partial charge in [-0.2, -0.15) is 5.10 Å². The number of hydrazone groups is 1. The number of pyridine rings is 4. The number of fused-ring (bicyclic) bond motifs is 1. The zero-order valence-corrected chi connectivity index (χ0v) is 30.7. The summed E-state index contributed by atoms with van der Waals surface area (Å²) in [4.78, 5) is 18.8. The number of nitrogens with one attached hydrogen (secondary N) is 2. The fourth-order valence-electron chi connectivity index (χ4n) is 7.46. The lowest BCUT2D eigenvalue weighted by Crippen LogP contribution is -2.33. The van der Waals surface area contributed by atoms with Gasteiger partial charge in [0, 0.05) is 35.9 Å². The van der Waals surface area contributed by atoms with E-state index in [1.807, 2.05) is 97.6 Å². The van der Waals surface area contributed by atoms with Crippen molar-refractivity contribution in [2.75, 3.05) is 5.43 Å². The first-order valence-corrected chi connectivity index (χ1v) is 18.7. The lowest BCUT2D eigenvalue weighted by molar-refractivity contribution is 0.668. The maximum absolute atomic E-state index is 9.42. The molecule has 2 unspecified atom stereocenters. The molecule has 2 N–H and O–H groups in total. The fourth-order valence-corrected chi connectivity index (χ4v) is 7.46. The number of hydrogen-bond donors (Lipinski definition) is 2. The second kappa shape index (κ2) is 15.2. The Bertz CT molecular complexity index is 2740. The van der Waals surface area contributed by atoms with Crippen molar-refractivity contribution in [2.45, 2.75) is 12.8 Å². The van der Waals surface area contributed by atoms with Crippen LogP contribution < -0.4 is 5.43 Å². The van der Waals surface area contributed by atoms with Crippen molar-refractivity contribution in [3.63, 3.8) is 0 Å². The van der Waals surface area contributed by atoms with E-state index in [0.717, 1.165) is 78.2 Å². The Morgan fingerprint density at radius 3 is 1.71 bits per heavy atom. The highest BCUT2D eigenvalue weighted by Gasteiger charge is 2.36. The molecule has 8 aromatic rings. The molecule has 0 amide bonds. The van der Waals surface area contributed by atoms with Crippen molar-refractivity contribution >= 4 is 33.5 Å². The molecule has 4 aromatic heterocycles. The summed E-state index contributed by atoms with van der Waals surface area (Å²) in [5.41, 5.74) is 15.9. The molecule has 9 rings (SSSR count). The molecule has 56 heavy (non-hydrogen) atoms. The Morgan fingerprint density at radius 2 is 1.07 bits per heavy atom. The molecule has 4 heterocycles. The lowest BCUT2D eigenvalue weighted by atomic mass is 9.74. The quantitative estimate of drug-likeness (QED) is 0.152. The van der Waals surface area contributed by atoms with Crippen LogP contribution in [0.1, 0.15) is 24.2 Å². The second-order valence-corrected chi connectivity index (χ2v) is 13.9.